The molecule has 8 heteroatoms. The van der Waals surface area contributed by atoms with E-state index in [2.05, 4.69) is 10.3 Å². The average Bonchev–Trinajstić information content (AvgIpc) is 3.17. The van der Waals surface area contributed by atoms with Crippen molar-refractivity contribution in [1.82, 2.24) is 9.55 Å². The minimum Gasteiger partial charge on any atom is -0.326 e. The van der Waals surface area contributed by atoms with Crippen molar-refractivity contribution in [1.29, 1.82) is 0 Å². The molecule has 3 rings (SSSR count). The largest absolute Gasteiger partial charge is 0.416 e. The highest BCUT2D eigenvalue weighted by atomic mass is 32.1. The lowest BCUT2D eigenvalue weighted by molar-refractivity contribution is -0.137. The van der Waals surface area contributed by atoms with E-state index in [-0.39, 0.29) is 12.3 Å². The van der Waals surface area contributed by atoms with Gasteiger partial charge in [-0.2, -0.15) is 13.2 Å². The number of carbonyl (C=O) groups excluding carboxylic acids is 1. The molecule has 0 aliphatic carbocycles. The lowest BCUT2D eigenvalue weighted by Gasteiger charge is -2.08. The summed E-state index contributed by atoms with van der Waals surface area (Å²) in [6.07, 6.45) is 1.04. The number of amides is 1. The van der Waals surface area contributed by atoms with Gasteiger partial charge in [0.15, 0.2) is 5.13 Å². The number of alkyl halides is 3. The van der Waals surface area contributed by atoms with Gasteiger partial charge in [0, 0.05) is 29.2 Å². The number of nitrogens with one attached hydrogen (secondary N) is 1. The van der Waals surface area contributed by atoms with E-state index in [0.29, 0.717) is 5.69 Å². The fourth-order valence-electron chi connectivity index (χ4n) is 2.07. The summed E-state index contributed by atoms with van der Waals surface area (Å²) in [6.45, 7) is 0. The van der Waals surface area contributed by atoms with E-state index in [1.165, 1.54) is 23.5 Å². The van der Waals surface area contributed by atoms with Crippen molar-refractivity contribution in [2.75, 3.05) is 5.32 Å². The second-order valence-corrected chi connectivity index (χ2v) is 6.09. The summed E-state index contributed by atoms with van der Waals surface area (Å²) in [6, 6.07) is 8.09. The third-order valence-electron chi connectivity index (χ3n) is 3.20. The van der Waals surface area contributed by atoms with Gasteiger partial charge < -0.3 is 9.88 Å². The monoisotopic (exact) mass is 351 g/mol. The van der Waals surface area contributed by atoms with E-state index in [0.717, 1.165) is 22.1 Å². The van der Waals surface area contributed by atoms with Crippen LogP contribution >= 0.6 is 11.3 Å². The first kappa shape index (κ1) is 16.3. The SMILES string of the molecule is O=C(Cc1cnc(-n2cccc2)s1)Nc1ccc(C(F)(F)F)cc1. The zero-order valence-corrected chi connectivity index (χ0v) is 13.1. The van der Waals surface area contributed by atoms with Crippen LogP contribution in [0.15, 0.2) is 55.0 Å². The molecule has 1 amide bonds. The van der Waals surface area contributed by atoms with Crippen molar-refractivity contribution in [2.24, 2.45) is 0 Å². The number of aromatic nitrogens is 2. The minimum atomic E-state index is -4.39. The van der Waals surface area contributed by atoms with E-state index in [9.17, 15) is 18.0 Å². The van der Waals surface area contributed by atoms with Gasteiger partial charge in [-0.15, -0.1) is 11.3 Å². The Morgan fingerprint density at radius 1 is 1.17 bits per heavy atom. The summed E-state index contributed by atoms with van der Waals surface area (Å²) in [4.78, 5) is 17.0. The number of benzene rings is 1. The molecule has 0 bridgehead atoms. The number of nitrogens with zero attached hydrogens (tertiary/aromatic N) is 2. The number of hydrogen-bond acceptors (Lipinski definition) is 3. The van der Waals surface area contributed by atoms with E-state index in [1.807, 2.05) is 29.1 Å². The van der Waals surface area contributed by atoms with Crippen LogP contribution in [0.2, 0.25) is 0 Å². The summed E-state index contributed by atoms with van der Waals surface area (Å²) >= 11 is 1.38. The summed E-state index contributed by atoms with van der Waals surface area (Å²) in [5.41, 5.74) is -0.428. The molecule has 0 unspecified atom stereocenters. The highest BCUT2D eigenvalue weighted by molar-refractivity contribution is 7.14. The van der Waals surface area contributed by atoms with Gasteiger partial charge in [-0.25, -0.2) is 4.98 Å². The Morgan fingerprint density at radius 3 is 2.46 bits per heavy atom. The lowest BCUT2D eigenvalue weighted by atomic mass is 10.2. The minimum absolute atomic E-state index is 0.111. The second-order valence-electron chi connectivity index (χ2n) is 5.00. The molecule has 0 saturated heterocycles. The van der Waals surface area contributed by atoms with Gasteiger partial charge in [-0.3, -0.25) is 4.79 Å². The molecule has 0 fully saturated rings. The number of carbonyl (C=O) groups is 1. The smallest absolute Gasteiger partial charge is 0.326 e. The van der Waals surface area contributed by atoms with Crippen LogP contribution in [0, 0.1) is 0 Å². The summed E-state index contributed by atoms with van der Waals surface area (Å²) in [5.74, 6) is -0.308. The fraction of sp³-hybridized carbons (Fsp3) is 0.125. The molecule has 0 spiro atoms. The van der Waals surface area contributed by atoms with Crippen LogP contribution in [0.5, 0.6) is 0 Å². The fourth-order valence-corrected chi connectivity index (χ4v) is 2.94. The molecule has 3 aromatic rings. The Kier molecular flexibility index (Phi) is 4.39. The van der Waals surface area contributed by atoms with E-state index in [4.69, 9.17) is 0 Å². The summed E-state index contributed by atoms with van der Waals surface area (Å²) < 4.78 is 39.3. The normalized spacial score (nSPS) is 11.5. The molecule has 2 heterocycles. The Hall–Kier alpha value is -2.61. The molecule has 24 heavy (non-hydrogen) atoms. The molecule has 1 N–H and O–H groups in total. The van der Waals surface area contributed by atoms with Gasteiger partial charge in [0.25, 0.3) is 0 Å². The molecule has 1 aromatic carbocycles. The van der Waals surface area contributed by atoms with E-state index < -0.39 is 11.7 Å². The Labute approximate surface area is 139 Å². The van der Waals surface area contributed by atoms with Crippen LogP contribution in [0.3, 0.4) is 0 Å². The van der Waals surface area contributed by atoms with Crippen LogP contribution in [-0.2, 0) is 17.4 Å². The summed E-state index contributed by atoms with van der Waals surface area (Å²) in [7, 11) is 0. The van der Waals surface area contributed by atoms with Gasteiger partial charge in [-0.05, 0) is 36.4 Å². The maximum atomic E-state index is 12.5. The Morgan fingerprint density at radius 2 is 1.83 bits per heavy atom. The van der Waals surface area contributed by atoms with Crippen molar-refractivity contribution in [3.05, 3.63) is 65.4 Å². The zero-order valence-electron chi connectivity index (χ0n) is 12.2. The standard InChI is InChI=1S/C16H12F3N3OS/c17-16(18,19)11-3-5-12(6-4-11)21-14(23)9-13-10-20-15(24-13)22-7-1-2-8-22/h1-8,10H,9H2,(H,21,23). The van der Waals surface area contributed by atoms with Crippen molar-refractivity contribution in [3.63, 3.8) is 0 Å². The average molecular weight is 351 g/mol. The zero-order chi connectivity index (χ0) is 17.2. The molecule has 0 atom stereocenters. The molecule has 0 aliphatic heterocycles. The van der Waals surface area contributed by atoms with Gasteiger partial charge >= 0.3 is 6.18 Å². The molecular formula is C16H12F3N3OS. The molecule has 0 aliphatic rings. The van der Waals surface area contributed by atoms with Crippen LogP contribution in [0.25, 0.3) is 5.13 Å². The first-order valence-electron chi connectivity index (χ1n) is 6.97. The number of hydrogen-bond donors (Lipinski definition) is 1. The molecule has 0 saturated carbocycles. The maximum Gasteiger partial charge on any atom is 0.416 e. The van der Waals surface area contributed by atoms with E-state index >= 15 is 0 Å². The number of thiazole rings is 1. The van der Waals surface area contributed by atoms with Crippen LogP contribution in [-0.4, -0.2) is 15.5 Å². The molecule has 4 nitrogen and oxygen atoms in total. The van der Waals surface area contributed by atoms with Crippen LogP contribution in [0.4, 0.5) is 18.9 Å². The highest BCUT2D eigenvalue weighted by Gasteiger charge is 2.29. The molecule has 2 aromatic heterocycles. The number of halogens is 3. The predicted octanol–water partition coefficient (Wildman–Crippen LogP) is 4.13. The number of rotatable bonds is 4. The van der Waals surface area contributed by atoms with Gasteiger partial charge in [0.05, 0.1) is 12.0 Å². The quantitative estimate of drug-likeness (QED) is 0.768. The maximum absolute atomic E-state index is 12.5. The van der Waals surface area contributed by atoms with Gasteiger partial charge in [0.2, 0.25) is 5.91 Å². The lowest BCUT2D eigenvalue weighted by Crippen LogP contribution is -2.14. The van der Waals surface area contributed by atoms with Crippen molar-refractivity contribution in [3.8, 4) is 5.13 Å². The van der Waals surface area contributed by atoms with Crippen molar-refractivity contribution < 1.29 is 18.0 Å². The van der Waals surface area contributed by atoms with Crippen molar-refractivity contribution in [2.45, 2.75) is 12.6 Å². The highest BCUT2D eigenvalue weighted by Crippen LogP contribution is 2.29. The van der Waals surface area contributed by atoms with E-state index in [1.54, 1.807) is 6.20 Å². The van der Waals surface area contributed by atoms with Gasteiger partial charge in [0.1, 0.15) is 0 Å². The third-order valence-corrected chi connectivity index (χ3v) is 4.21. The first-order valence-corrected chi connectivity index (χ1v) is 7.78. The molecular weight excluding hydrogens is 339 g/mol. The van der Waals surface area contributed by atoms with Crippen LogP contribution in [0.1, 0.15) is 10.4 Å². The summed E-state index contributed by atoms with van der Waals surface area (Å²) in [5, 5.41) is 3.33. The van der Waals surface area contributed by atoms with Crippen molar-refractivity contribution >= 4 is 22.9 Å². The first-order chi connectivity index (χ1) is 11.4. The predicted molar refractivity (Wildman–Crippen MR) is 85.2 cm³/mol. The topological polar surface area (TPSA) is 46.9 Å². The molecule has 124 valence electrons. The molecule has 0 radical (unpaired) electrons. The van der Waals surface area contributed by atoms with Crippen LogP contribution < -0.4 is 5.32 Å². The Bertz CT molecular complexity index is 823. The third kappa shape index (κ3) is 3.83. The Balaban J connectivity index is 1.62. The second kappa shape index (κ2) is 6.48. The van der Waals surface area contributed by atoms with Gasteiger partial charge in [-0.1, -0.05) is 0 Å². The number of anilines is 1.